The highest BCUT2D eigenvalue weighted by Crippen LogP contribution is 2.13. The van der Waals surface area contributed by atoms with Crippen molar-refractivity contribution in [3.63, 3.8) is 0 Å². The van der Waals surface area contributed by atoms with Crippen LogP contribution >= 0.6 is 0 Å². The molecule has 0 saturated carbocycles. The van der Waals surface area contributed by atoms with Gasteiger partial charge in [0.15, 0.2) is 0 Å². The van der Waals surface area contributed by atoms with Gasteiger partial charge in [0.25, 0.3) is 0 Å². The average molecular weight is 277 g/mol. The summed E-state index contributed by atoms with van der Waals surface area (Å²) in [5.41, 5.74) is 0.845. The number of nitrogens with zero attached hydrogens (tertiary/aromatic N) is 1. The van der Waals surface area contributed by atoms with Crippen LogP contribution in [0.4, 0.5) is 0 Å². The molecule has 5 nitrogen and oxygen atoms in total. The lowest BCUT2D eigenvalue weighted by atomic mass is 10.1. The van der Waals surface area contributed by atoms with Crippen LogP contribution in [0.25, 0.3) is 6.08 Å². The number of carboxylic acids is 1. The lowest BCUT2D eigenvalue weighted by Gasteiger charge is -2.17. The lowest BCUT2D eigenvalue weighted by Crippen LogP contribution is -2.32. The van der Waals surface area contributed by atoms with Gasteiger partial charge in [-0.15, -0.1) is 0 Å². The van der Waals surface area contributed by atoms with Crippen molar-refractivity contribution in [2.45, 2.75) is 6.92 Å². The number of benzene rings is 1. The van der Waals surface area contributed by atoms with E-state index >= 15 is 0 Å². The zero-order valence-corrected chi connectivity index (χ0v) is 11.9. The molecule has 1 aromatic rings. The van der Waals surface area contributed by atoms with Gasteiger partial charge >= 0.3 is 5.97 Å². The Hall–Kier alpha value is -2.30. The summed E-state index contributed by atoms with van der Waals surface area (Å²) in [5.74, 6) is -1.02. The second kappa shape index (κ2) is 7.33. The first kappa shape index (κ1) is 15.8. The molecule has 1 rings (SSSR count). The zero-order valence-electron chi connectivity index (χ0n) is 11.9. The third-order valence-corrected chi connectivity index (χ3v) is 2.86. The minimum atomic E-state index is -0.915. The van der Waals surface area contributed by atoms with Crippen molar-refractivity contribution in [2.75, 3.05) is 20.7 Å². The zero-order chi connectivity index (χ0) is 15.1. The van der Waals surface area contributed by atoms with Gasteiger partial charge in [0.1, 0.15) is 5.75 Å². The van der Waals surface area contributed by atoms with Crippen LogP contribution < -0.4 is 4.74 Å². The van der Waals surface area contributed by atoms with Crippen LogP contribution in [0, 0.1) is 5.92 Å². The Labute approximate surface area is 118 Å². The van der Waals surface area contributed by atoms with Gasteiger partial charge in [-0.1, -0.05) is 19.1 Å². The first-order chi connectivity index (χ1) is 9.43. The van der Waals surface area contributed by atoms with E-state index in [1.807, 2.05) is 24.3 Å². The van der Waals surface area contributed by atoms with Crippen LogP contribution in [0.5, 0.6) is 5.75 Å². The van der Waals surface area contributed by atoms with E-state index in [9.17, 15) is 9.59 Å². The number of likely N-dealkylation sites (N-methyl/N-ethyl adjacent to an activating group) is 1. The molecule has 0 bridgehead atoms. The van der Waals surface area contributed by atoms with E-state index in [1.165, 1.54) is 11.0 Å². The molecule has 1 N–H and O–H groups in total. The van der Waals surface area contributed by atoms with Gasteiger partial charge in [-0.05, 0) is 23.8 Å². The van der Waals surface area contributed by atoms with Crippen molar-refractivity contribution in [3.8, 4) is 5.75 Å². The topological polar surface area (TPSA) is 66.8 Å². The monoisotopic (exact) mass is 277 g/mol. The standard InChI is InChI=1S/C15H19NO4/c1-11(15(18)19)10-16(2)14(17)8-7-12-5-4-6-13(9-12)20-3/h4-9,11H,10H2,1-3H3,(H,18,19)/b8-7+. The summed E-state index contributed by atoms with van der Waals surface area (Å²) in [6.07, 6.45) is 3.09. The third kappa shape index (κ3) is 4.76. The molecule has 0 radical (unpaired) electrons. The molecule has 20 heavy (non-hydrogen) atoms. The van der Waals surface area contributed by atoms with Gasteiger partial charge in [0.2, 0.25) is 5.91 Å². The van der Waals surface area contributed by atoms with E-state index < -0.39 is 11.9 Å². The number of methoxy groups -OCH3 is 1. The fourth-order valence-corrected chi connectivity index (χ4v) is 1.62. The predicted molar refractivity (Wildman–Crippen MR) is 76.5 cm³/mol. The Balaban J connectivity index is 2.64. The minimum absolute atomic E-state index is 0.177. The van der Waals surface area contributed by atoms with E-state index in [0.717, 1.165) is 5.56 Å². The molecule has 0 aliphatic heterocycles. The lowest BCUT2D eigenvalue weighted by molar-refractivity contribution is -0.142. The Morgan fingerprint density at radius 2 is 2.15 bits per heavy atom. The van der Waals surface area contributed by atoms with E-state index in [4.69, 9.17) is 9.84 Å². The summed E-state index contributed by atoms with van der Waals surface area (Å²) in [7, 11) is 3.16. The number of aliphatic carboxylic acids is 1. The van der Waals surface area contributed by atoms with Crippen LogP contribution in [0.15, 0.2) is 30.3 Å². The number of ether oxygens (including phenoxy) is 1. The summed E-state index contributed by atoms with van der Waals surface area (Å²) in [6.45, 7) is 1.74. The second-order valence-corrected chi connectivity index (χ2v) is 4.57. The fourth-order valence-electron chi connectivity index (χ4n) is 1.62. The number of hydrogen-bond acceptors (Lipinski definition) is 3. The van der Waals surface area contributed by atoms with Crippen LogP contribution in [-0.2, 0) is 9.59 Å². The highest BCUT2D eigenvalue weighted by molar-refractivity contribution is 5.91. The second-order valence-electron chi connectivity index (χ2n) is 4.57. The summed E-state index contributed by atoms with van der Waals surface area (Å²) in [5, 5.41) is 8.81. The van der Waals surface area contributed by atoms with Crippen molar-refractivity contribution in [1.29, 1.82) is 0 Å². The molecule has 1 atom stereocenters. The molecule has 0 aliphatic carbocycles. The molecule has 0 aromatic heterocycles. The first-order valence-electron chi connectivity index (χ1n) is 6.24. The van der Waals surface area contributed by atoms with E-state index in [-0.39, 0.29) is 12.5 Å². The Morgan fingerprint density at radius 3 is 2.75 bits per heavy atom. The van der Waals surface area contributed by atoms with Crippen LogP contribution in [0.2, 0.25) is 0 Å². The quantitative estimate of drug-likeness (QED) is 0.806. The van der Waals surface area contributed by atoms with Gasteiger partial charge in [-0.3, -0.25) is 9.59 Å². The molecule has 5 heteroatoms. The molecule has 1 amide bonds. The maximum Gasteiger partial charge on any atom is 0.308 e. The highest BCUT2D eigenvalue weighted by atomic mass is 16.5. The van der Waals surface area contributed by atoms with Crippen LogP contribution in [0.1, 0.15) is 12.5 Å². The molecule has 0 heterocycles. The first-order valence-corrected chi connectivity index (χ1v) is 6.24. The molecule has 0 saturated heterocycles. The Kier molecular flexibility index (Phi) is 5.77. The van der Waals surface area contributed by atoms with E-state index in [1.54, 1.807) is 27.2 Å². The molecule has 0 fully saturated rings. The Morgan fingerprint density at radius 1 is 1.45 bits per heavy atom. The van der Waals surface area contributed by atoms with Gasteiger partial charge in [-0.25, -0.2) is 0 Å². The number of carbonyl (C=O) groups excluding carboxylic acids is 1. The summed E-state index contributed by atoms with van der Waals surface area (Å²) >= 11 is 0. The fraction of sp³-hybridized carbons (Fsp3) is 0.333. The van der Waals surface area contributed by atoms with E-state index in [2.05, 4.69) is 0 Å². The van der Waals surface area contributed by atoms with E-state index in [0.29, 0.717) is 5.75 Å². The summed E-state index contributed by atoms with van der Waals surface area (Å²) in [6, 6.07) is 7.31. The molecular weight excluding hydrogens is 258 g/mol. The molecule has 1 unspecified atom stereocenters. The van der Waals surface area contributed by atoms with Crippen LogP contribution in [-0.4, -0.2) is 42.6 Å². The maximum absolute atomic E-state index is 11.8. The van der Waals surface area contributed by atoms with Gasteiger partial charge < -0.3 is 14.7 Å². The molecule has 1 aromatic carbocycles. The smallest absolute Gasteiger partial charge is 0.308 e. The van der Waals surface area contributed by atoms with Crippen molar-refractivity contribution in [3.05, 3.63) is 35.9 Å². The third-order valence-electron chi connectivity index (χ3n) is 2.86. The highest BCUT2D eigenvalue weighted by Gasteiger charge is 2.15. The molecule has 0 spiro atoms. The largest absolute Gasteiger partial charge is 0.497 e. The predicted octanol–water partition coefficient (Wildman–Crippen LogP) is 1.89. The Bertz CT molecular complexity index is 510. The number of rotatable bonds is 6. The van der Waals surface area contributed by atoms with Crippen LogP contribution in [0.3, 0.4) is 0 Å². The maximum atomic E-state index is 11.8. The number of carboxylic acid groups (broad SMARTS) is 1. The molecule has 0 aliphatic rings. The van der Waals surface area contributed by atoms with Crippen molar-refractivity contribution in [2.24, 2.45) is 5.92 Å². The number of carbonyl (C=O) groups is 2. The number of amides is 1. The van der Waals surface area contributed by atoms with Crippen molar-refractivity contribution in [1.82, 2.24) is 4.90 Å². The summed E-state index contributed by atoms with van der Waals surface area (Å²) in [4.78, 5) is 24.0. The summed E-state index contributed by atoms with van der Waals surface area (Å²) < 4.78 is 5.09. The van der Waals surface area contributed by atoms with Crippen molar-refractivity contribution < 1.29 is 19.4 Å². The minimum Gasteiger partial charge on any atom is -0.497 e. The van der Waals surface area contributed by atoms with Gasteiger partial charge in [0, 0.05) is 19.7 Å². The average Bonchev–Trinajstić information content (AvgIpc) is 2.44. The van der Waals surface area contributed by atoms with Gasteiger partial charge in [-0.2, -0.15) is 0 Å². The molecular formula is C15H19NO4. The number of hydrogen-bond donors (Lipinski definition) is 1. The van der Waals surface area contributed by atoms with Gasteiger partial charge in [0.05, 0.1) is 13.0 Å². The normalized spacial score (nSPS) is 12.2. The SMILES string of the molecule is COc1cccc(/C=C/C(=O)N(C)CC(C)C(=O)O)c1. The van der Waals surface area contributed by atoms with Crippen molar-refractivity contribution >= 4 is 18.0 Å². The molecule has 108 valence electrons.